The summed E-state index contributed by atoms with van der Waals surface area (Å²) in [5.74, 6) is 3.02. The standard InChI is InChI=1S/C25H23N7O/c1-14-6-8-16(9-7-14)32-19(33)12-17-20-18(13-26)24(31-10-4-3-5-11-31)29-22-21(20)23(30-25(17)32)28-15(2)27-22/h6-9H,3-5,10-12H2,1-2H3,(H,27,28,29,30). The Morgan fingerprint density at radius 1 is 1.00 bits per heavy atom. The number of rotatable bonds is 2. The van der Waals surface area contributed by atoms with E-state index in [1.165, 1.54) is 6.42 Å². The zero-order chi connectivity index (χ0) is 22.7. The average molecular weight is 438 g/mol. The summed E-state index contributed by atoms with van der Waals surface area (Å²) < 4.78 is 0. The van der Waals surface area contributed by atoms with Gasteiger partial charge in [-0.1, -0.05) is 17.7 Å². The summed E-state index contributed by atoms with van der Waals surface area (Å²) in [6.07, 6.45) is 3.52. The molecule has 3 aliphatic heterocycles. The van der Waals surface area contributed by atoms with Crippen LogP contribution in [0.5, 0.6) is 0 Å². The average Bonchev–Trinajstić information content (AvgIpc) is 3.15. The molecule has 8 nitrogen and oxygen atoms in total. The van der Waals surface area contributed by atoms with Gasteiger partial charge in [-0.2, -0.15) is 5.26 Å². The zero-order valence-electron chi connectivity index (χ0n) is 18.6. The van der Waals surface area contributed by atoms with E-state index in [-0.39, 0.29) is 12.3 Å². The van der Waals surface area contributed by atoms with Crippen molar-refractivity contribution in [3.05, 3.63) is 41.0 Å². The first kappa shape index (κ1) is 19.7. The molecule has 0 bridgehead atoms. The number of hydrogen-bond acceptors (Lipinski definition) is 7. The third-order valence-electron chi connectivity index (χ3n) is 6.61. The number of aryl methyl sites for hydroxylation is 1. The number of fused-ring (bicyclic) bond motifs is 2. The SMILES string of the molecule is CC1=Nc2nc(N3CCCCC3)c(C#N)c3c4c(nc(c23)N1)N(c1ccc(C)cc1)C(=O)C4. The van der Waals surface area contributed by atoms with E-state index >= 15 is 0 Å². The lowest BCUT2D eigenvalue weighted by atomic mass is 9.99. The van der Waals surface area contributed by atoms with Crippen LogP contribution in [0.25, 0.3) is 10.8 Å². The highest BCUT2D eigenvalue weighted by atomic mass is 16.2. The van der Waals surface area contributed by atoms with E-state index in [0.717, 1.165) is 53.5 Å². The van der Waals surface area contributed by atoms with Crippen LogP contribution in [0, 0.1) is 18.3 Å². The molecule has 1 fully saturated rings. The largest absolute Gasteiger partial charge is 0.355 e. The van der Waals surface area contributed by atoms with Gasteiger partial charge in [0.2, 0.25) is 5.91 Å². The minimum absolute atomic E-state index is 0.0570. The quantitative estimate of drug-likeness (QED) is 0.634. The van der Waals surface area contributed by atoms with Crippen LogP contribution < -0.4 is 15.1 Å². The molecule has 1 aromatic carbocycles. The van der Waals surface area contributed by atoms with Gasteiger partial charge in [0.15, 0.2) is 5.82 Å². The predicted octanol–water partition coefficient (Wildman–Crippen LogP) is 4.50. The molecule has 0 atom stereocenters. The van der Waals surface area contributed by atoms with Crippen molar-refractivity contribution in [1.82, 2.24) is 9.97 Å². The number of aliphatic imine (C=N–C) groups is 1. The third kappa shape index (κ3) is 2.96. The summed E-state index contributed by atoms with van der Waals surface area (Å²) in [6.45, 7) is 5.61. The van der Waals surface area contributed by atoms with Crippen molar-refractivity contribution >= 4 is 51.5 Å². The van der Waals surface area contributed by atoms with Gasteiger partial charge in [-0.15, -0.1) is 0 Å². The van der Waals surface area contributed by atoms with E-state index < -0.39 is 0 Å². The predicted molar refractivity (Wildman–Crippen MR) is 129 cm³/mol. The van der Waals surface area contributed by atoms with Crippen molar-refractivity contribution in [3.63, 3.8) is 0 Å². The van der Waals surface area contributed by atoms with Crippen LogP contribution in [0.4, 0.5) is 29.0 Å². The van der Waals surface area contributed by atoms with Crippen LogP contribution in [-0.2, 0) is 11.2 Å². The number of anilines is 4. The second kappa shape index (κ2) is 7.27. The van der Waals surface area contributed by atoms with Crippen molar-refractivity contribution in [3.8, 4) is 6.07 Å². The lowest BCUT2D eigenvalue weighted by Crippen LogP contribution is -2.31. The minimum atomic E-state index is -0.0570. The van der Waals surface area contributed by atoms with E-state index in [1.807, 2.05) is 38.1 Å². The maximum absolute atomic E-state index is 13.2. The van der Waals surface area contributed by atoms with Crippen LogP contribution in [0.3, 0.4) is 0 Å². The molecule has 0 saturated carbocycles. The number of nitrogens with zero attached hydrogens (tertiary/aromatic N) is 6. The smallest absolute Gasteiger partial charge is 0.237 e. The Kier molecular flexibility index (Phi) is 4.34. The third-order valence-corrected chi connectivity index (χ3v) is 6.61. The van der Waals surface area contributed by atoms with E-state index in [1.54, 1.807) is 4.90 Å². The Morgan fingerprint density at radius 2 is 1.76 bits per heavy atom. The molecule has 0 radical (unpaired) electrons. The number of pyridine rings is 2. The normalized spacial score (nSPS) is 17.0. The van der Waals surface area contributed by atoms with Gasteiger partial charge < -0.3 is 10.2 Å². The molecule has 3 aromatic rings. The maximum Gasteiger partial charge on any atom is 0.237 e. The number of hydrogen-bond donors (Lipinski definition) is 1. The fraction of sp³-hybridized carbons (Fsp3) is 0.320. The van der Waals surface area contributed by atoms with Gasteiger partial charge in [-0.05, 0) is 45.2 Å². The lowest BCUT2D eigenvalue weighted by Gasteiger charge is -2.30. The van der Waals surface area contributed by atoms with Gasteiger partial charge in [0.05, 0.1) is 17.5 Å². The Morgan fingerprint density at radius 3 is 2.48 bits per heavy atom. The highest BCUT2D eigenvalue weighted by molar-refractivity contribution is 6.19. The van der Waals surface area contributed by atoms with Crippen LogP contribution >= 0.6 is 0 Å². The molecule has 3 aliphatic rings. The number of piperidine rings is 1. The molecule has 1 amide bonds. The number of carbonyl (C=O) groups is 1. The summed E-state index contributed by atoms with van der Waals surface area (Å²) in [5, 5.41) is 15.0. The van der Waals surface area contributed by atoms with Gasteiger partial charge in [-0.25, -0.2) is 15.0 Å². The van der Waals surface area contributed by atoms with E-state index in [4.69, 9.17) is 9.97 Å². The maximum atomic E-state index is 13.2. The van der Waals surface area contributed by atoms with Crippen LogP contribution in [0.2, 0.25) is 0 Å². The van der Waals surface area contributed by atoms with E-state index in [9.17, 15) is 10.1 Å². The van der Waals surface area contributed by atoms with Crippen LogP contribution in [0.1, 0.15) is 42.9 Å². The Bertz CT molecular complexity index is 1400. The number of nitrogens with one attached hydrogen (secondary N) is 1. The molecule has 0 spiro atoms. The van der Waals surface area contributed by atoms with Crippen LogP contribution in [0.15, 0.2) is 29.3 Å². The minimum Gasteiger partial charge on any atom is -0.355 e. The molecule has 0 aliphatic carbocycles. The highest BCUT2D eigenvalue weighted by Gasteiger charge is 2.36. The summed E-state index contributed by atoms with van der Waals surface area (Å²) in [6, 6.07) is 10.3. The van der Waals surface area contributed by atoms with Gasteiger partial charge in [-0.3, -0.25) is 9.69 Å². The molecule has 164 valence electrons. The van der Waals surface area contributed by atoms with Gasteiger partial charge in [0.25, 0.3) is 0 Å². The molecule has 5 heterocycles. The van der Waals surface area contributed by atoms with Gasteiger partial charge in [0.1, 0.15) is 34.9 Å². The van der Waals surface area contributed by atoms with Gasteiger partial charge >= 0.3 is 0 Å². The first-order chi connectivity index (χ1) is 16.0. The number of carbonyl (C=O) groups excluding carboxylic acids is 1. The second-order valence-electron chi connectivity index (χ2n) is 8.87. The van der Waals surface area contributed by atoms with Gasteiger partial charge in [0, 0.05) is 24.0 Å². The topological polar surface area (TPSA) is 97.5 Å². The summed E-state index contributed by atoms with van der Waals surface area (Å²) in [7, 11) is 0. The van der Waals surface area contributed by atoms with E-state index in [0.29, 0.717) is 34.7 Å². The molecule has 1 N–H and O–H groups in total. The highest BCUT2D eigenvalue weighted by Crippen LogP contribution is 2.47. The van der Waals surface area contributed by atoms with Crippen LogP contribution in [-0.4, -0.2) is 34.8 Å². The molecular formula is C25H23N7O. The fourth-order valence-electron chi connectivity index (χ4n) is 5.06. The number of amides is 1. The molecule has 8 heteroatoms. The summed E-state index contributed by atoms with van der Waals surface area (Å²) >= 11 is 0. The van der Waals surface area contributed by atoms with Crippen molar-refractivity contribution in [1.29, 1.82) is 5.26 Å². The molecular weight excluding hydrogens is 414 g/mol. The monoisotopic (exact) mass is 437 g/mol. The first-order valence-corrected chi connectivity index (χ1v) is 11.3. The van der Waals surface area contributed by atoms with Crippen molar-refractivity contribution < 1.29 is 4.79 Å². The molecule has 0 unspecified atom stereocenters. The number of amidine groups is 1. The second-order valence-corrected chi connectivity index (χ2v) is 8.87. The number of aromatic nitrogens is 2. The van der Waals surface area contributed by atoms with E-state index in [2.05, 4.69) is 21.3 Å². The number of nitriles is 1. The lowest BCUT2D eigenvalue weighted by molar-refractivity contribution is -0.116. The zero-order valence-corrected chi connectivity index (χ0v) is 18.6. The molecule has 6 rings (SSSR count). The fourth-order valence-corrected chi connectivity index (χ4v) is 5.06. The molecule has 1 saturated heterocycles. The Labute approximate surface area is 191 Å². The Hall–Kier alpha value is -3.99. The first-order valence-electron chi connectivity index (χ1n) is 11.3. The molecule has 2 aromatic heterocycles. The summed E-state index contributed by atoms with van der Waals surface area (Å²) in [5.41, 5.74) is 3.17. The summed E-state index contributed by atoms with van der Waals surface area (Å²) in [4.78, 5) is 31.4. The molecule has 33 heavy (non-hydrogen) atoms. The number of benzene rings is 1. The van der Waals surface area contributed by atoms with Crippen molar-refractivity contribution in [2.75, 3.05) is 28.2 Å². The Balaban J connectivity index is 1.66. The van der Waals surface area contributed by atoms with Crippen molar-refractivity contribution in [2.24, 2.45) is 4.99 Å². The van der Waals surface area contributed by atoms with Crippen molar-refractivity contribution in [2.45, 2.75) is 39.5 Å².